The third-order valence-electron chi connectivity index (χ3n) is 5.44. The average molecular weight is 294 g/mol. The molecule has 3 nitrogen and oxygen atoms in total. The van der Waals surface area contributed by atoms with E-state index in [1.165, 1.54) is 38.5 Å². The molecule has 122 valence electrons. The van der Waals surface area contributed by atoms with Gasteiger partial charge in [-0.1, -0.05) is 39.5 Å². The van der Waals surface area contributed by atoms with Crippen LogP contribution in [0.4, 0.5) is 0 Å². The summed E-state index contributed by atoms with van der Waals surface area (Å²) in [5.41, 5.74) is 5.65. The molecule has 0 aromatic carbocycles. The van der Waals surface area contributed by atoms with Crippen molar-refractivity contribution in [1.29, 1.82) is 0 Å². The molecule has 0 saturated heterocycles. The standard InChI is InChI=1S/C18H34N2O/c1-15(2)14-18(10-5-6-11-18)17(21)20(13-7-12-19)16-8-3-4-9-16/h15-16H,3-14,19H2,1-2H3. The molecule has 2 saturated carbocycles. The first-order valence-corrected chi connectivity index (χ1v) is 9.10. The molecule has 2 aliphatic rings. The Bertz CT molecular complexity index is 328. The summed E-state index contributed by atoms with van der Waals surface area (Å²) in [6.07, 6.45) is 11.7. The van der Waals surface area contributed by atoms with Crippen molar-refractivity contribution in [2.24, 2.45) is 17.1 Å². The van der Waals surface area contributed by atoms with Crippen LogP contribution in [0.15, 0.2) is 0 Å². The molecule has 2 rings (SSSR count). The van der Waals surface area contributed by atoms with Gasteiger partial charge in [0.25, 0.3) is 0 Å². The van der Waals surface area contributed by atoms with Crippen LogP contribution < -0.4 is 5.73 Å². The minimum atomic E-state index is -0.0502. The molecule has 0 unspecified atom stereocenters. The van der Waals surface area contributed by atoms with Crippen LogP contribution in [0, 0.1) is 11.3 Å². The van der Waals surface area contributed by atoms with E-state index in [1.54, 1.807) is 0 Å². The van der Waals surface area contributed by atoms with Gasteiger partial charge in [0.2, 0.25) is 5.91 Å². The summed E-state index contributed by atoms with van der Waals surface area (Å²) in [6.45, 7) is 6.08. The molecule has 0 heterocycles. The van der Waals surface area contributed by atoms with Gasteiger partial charge in [-0.2, -0.15) is 0 Å². The number of nitrogens with two attached hydrogens (primary N) is 1. The number of rotatable bonds is 7. The van der Waals surface area contributed by atoms with Crippen molar-refractivity contribution in [1.82, 2.24) is 4.90 Å². The molecule has 1 amide bonds. The molecule has 0 aromatic heterocycles. The Morgan fingerprint density at radius 3 is 2.33 bits per heavy atom. The zero-order valence-corrected chi connectivity index (χ0v) is 14.1. The maximum Gasteiger partial charge on any atom is 0.229 e. The Morgan fingerprint density at radius 1 is 1.19 bits per heavy atom. The van der Waals surface area contributed by atoms with Gasteiger partial charge < -0.3 is 10.6 Å². The smallest absolute Gasteiger partial charge is 0.229 e. The van der Waals surface area contributed by atoms with Crippen molar-refractivity contribution < 1.29 is 4.79 Å². The highest BCUT2D eigenvalue weighted by Gasteiger charge is 2.45. The first kappa shape index (κ1) is 16.8. The number of carbonyl (C=O) groups excluding carboxylic acids is 1. The number of nitrogens with zero attached hydrogens (tertiary/aromatic N) is 1. The lowest BCUT2D eigenvalue weighted by molar-refractivity contribution is -0.145. The molecule has 0 bridgehead atoms. The summed E-state index contributed by atoms with van der Waals surface area (Å²) in [7, 11) is 0. The van der Waals surface area contributed by atoms with Crippen LogP contribution in [0.3, 0.4) is 0 Å². The third-order valence-corrected chi connectivity index (χ3v) is 5.44. The molecule has 0 atom stereocenters. The van der Waals surface area contributed by atoms with E-state index in [9.17, 15) is 4.79 Å². The molecular weight excluding hydrogens is 260 g/mol. The highest BCUT2D eigenvalue weighted by molar-refractivity contribution is 5.83. The van der Waals surface area contributed by atoms with E-state index in [4.69, 9.17) is 5.73 Å². The zero-order valence-electron chi connectivity index (χ0n) is 14.1. The lowest BCUT2D eigenvalue weighted by atomic mass is 9.77. The fraction of sp³-hybridized carbons (Fsp3) is 0.944. The fourth-order valence-electron chi connectivity index (χ4n) is 4.57. The van der Waals surface area contributed by atoms with E-state index in [0.717, 1.165) is 32.2 Å². The van der Waals surface area contributed by atoms with Crippen molar-refractivity contribution in [3.05, 3.63) is 0 Å². The predicted molar refractivity (Wildman–Crippen MR) is 88.0 cm³/mol. The Hall–Kier alpha value is -0.570. The van der Waals surface area contributed by atoms with Crippen LogP contribution in [0.2, 0.25) is 0 Å². The minimum Gasteiger partial charge on any atom is -0.339 e. The molecule has 0 spiro atoms. The summed E-state index contributed by atoms with van der Waals surface area (Å²) < 4.78 is 0. The van der Waals surface area contributed by atoms with E-state index in [-0.39, 0.29) is 5.41 Å². The van der Waals surface area contributed by atoms with Crippen molar-refractivity contribution in [3.8, 4) is 0 Å². The normalized spacial score (nSPS) is 22.1. The van der Waals surface area contributed by atoms with Crippen LogP contribution in [-0.2, 0) is 4.79 Å². The topological polar surface area (TPSA) is 46.3 Å². The van der Waals surface area contributed by atoms with Gasteiger partial charge in [-0.3, -0.25) is 4.79 Å². The maximum absolute atomic E-state index is 13.4. The molecule has 0 radical (unpaired) electrons. The fourth-order valence-corrected chi connectivity index (χ4v) is 4.57. The first-order chi connectivity index (χ1) is 10.1. The SMILES string of the molecule is CC(C)CC1(C(=O)N(CCCN)C2CCCC2)CCCC1. The number of carbonyl (C=O) groups is 1. The molecule has 21 heavy (non-hydrogen) atoms. The largest absolute Gasteiger partial charge is 0.339 e. The summed E-state index contributed by atoms with van der Waals surface area (Å²) in [4.78, 5) is 15.6. The van der Waals surface area contributed by atoms with E-state index in [2.05, 4.69) is 18.7 Å². The lowest BCUT2D eigenvalue weighted by Crippen LogP contribution is -2.48. The van der Waals surface area contributed by atoms with E-state index in [1.807, 2.05) is 0 Å². The molecule has 2 fully saturated rings. The van der Waals surface area contributed by atoms with Gasteiger partial charge >= 0.3 is 0 Å². The maximum atomic E-state index is 13.4. The summed E-state index contributed by atoms with van der Waals surface area (Å²) >= 11 is 0. The second kappa shape index (κ2) is 7.62. The lowest BCUT2D eigenvalue weighted by Gasteiger charge is -2.39. The predicted octanol–water partition coefficient (Wildman–Crippen LogP) is 3.71. The quantitative estimate of drug-likeness (QED) is 0.778. The minimum absolute atomic E-state index is 0.0502. The Kier molecular flexibility index (Phi) is 6.09. The van der Waals surface area contributed by atoms with Gasteiger partial charge in [0.05, 0.1) is 0 Å². The Morgan fingerprint density at radius 2 is 1.81 bits per heavy atom. The average Bonchev–Trinajstić information content (AvgIpc) is 3.10. The molecule has 2 aliphatic carbocycles. The molecule has 0 aliphatic heterocycles. The van der Waals surface area contributed by atoms with Gasteiger partial charge in [0, 0.05) is 18.0 Å². The summed E-state index contributed by atoms with van der Waals surface area (Å²) in [6, 6.07) is 0.494. The molecule has 0 aromatic rings. The van der Waals surface area contributed by atoms with Gasteiger partial charge in [0.15, 0.2) is 0 Å². The first-order valence-electron chi connectivity index (χ1n) is 9.10. The number of amides is 1. The summed E-state index contributed by atoms with van der Waals surface area (Å²) in [5, 5.41) is 0. The van der Waals surface area contributed by atoms with Gasteiger partial charge in [-0.05, 0) is 51.0 Å². The molecule has 3 heteroatoms. The van der Waals surface area contributed by atoms with Crippen molar-refractivity contribution in [2.75, 3.05) is 13.1 Å². The third kappa shape index (κ3) is 4.00. The van der Waals surface area contributed by atoms with Crippen molar-refractivity contribution in [3.63, 3.8) is 0 Å². The number of hydrogen-bond acceptors (Lipinski definition) is 2. The van der Waals surface area contributed by atoms with Crippen LogP contribution in [0.1, 0.15) is 78.1 Å². The van der Waals surface area contributed by atoms with E-state index in [0.29, 0.717) is 24.4 Å². The van der Waals surface area contributed by atoms with Crippen LogP contribution in [0.25, 0.3) is 0 Å². The van der Waals surface area contributed by atoms with Crippen molar-refractivity contribution in [2.45, 2.75) is 84.1 Å². The Balaban J connectivity index is 2.13. The van der Waals surface area contributed by atoms with E-state index < -0.39 is 0 Å². The Labute approximate surface area is 130 Å². The highest BCUT2D eigenvalue weighted by atomic mass is 16.2. The van der Waals surface area contributed by atoms with Gasteiger partial charge in [0.1, 0.15) is 0 Å². The van der Waals surface area contributed by atoms with Crippen LogP contribution in [-0.4, -0.2) is 29.9 Å². The van der Waals surface area contributed by atoms with Crippen molar-refractivity contribution >= 4 is 5.91 Å². The van der Waals surface area contributed by atoms with E-state index >= 15 is 0 Å². The van der Waals surface area contributed by atoms with Crippen LogP contribution >= 0.6 is 0 Å². The zero-order chi connectivity index (χ0) is 15.3. The molecular formula is C18H34N2O. The van der Waals surface area contributed by atoms with Gasteiger partial charge in [-0.25, -0.2) is 0 Å². The van der Waals surface area contributed by atoms with Crippen LogP contribution in [0.5, 0.6) is 0 Å². The number of hydrogen-bond donors (Lipinski definition) is 1. The summed E-state index contributed by atoms with van der Waals surface area (Å²) in [5.74, 6) is 1.07. The van der Waals surface area contributed by atoms with Gasteiger partial charge in [-0.15, -0.1) is 0 Å². The second-order valence-electron chi connectivity index (χ2n) is 7.66. The second-order valence-corrected chi connectivity index (χ2v) is 7.66. The monoisotopic (exact) mass is 294 g/mol. The molecule has 2 N–H and O–H groups in total. The highest BCUT2D eigenvalue weighted by Crippen LogP contribution is 2.45.